The van der Waals surface area contributed by atoms with Gasteiger partial charge in [0.2, 0.25) is 5.91 Å². The highest BCUT2D eigenvalue weighted by Crippen LogP contribution is 2.31. The molecule has 3 rings (SSSR count). The molecule has 114 valence electrons. The molecular formula is C16H22N2O3. The molecule has 0 aliphatic carbocycles. The second-order valence-electron chi connectivity index (χ2n) is 5.65. The third-order valence-electron chi connectivity index (χ3n) is 4.17. The van der Waals surface area contributed by atoms with Crippen LogP contribution in [0.2, 0.25) is 0 Å². The molecule has 0 bridgehead atoms. The topological polar surface area (TPSA) is 73.6 Å². The van der Waals surface area contributed by atoms with Gasteiger partial charge in [0.1, 0.15) is 11.9 Å². The summed E-state index contributed by atoms with van der Waals surface area (Å²) in [6.45, 7) is 1.17. The van der Waals surface area contributed by atoms with Gasteiger partial charge in [0.25, 0.3) is 0 Å². The number of para-hydroxylation sites is 1. The molecular weight excluding hydrogens is 268 g/mol. The fourth-order valence-corrected chi connectivity index (χ4v) is 3.01. The number of hydrogen-bond donors (Lipinski definition) is 2. The number of ether oxygens (including phenoxy) is 2. The van der Waals surface area contributed by atoms with E-state index in [2.05, 4.69) is 5.32 Å². The summed E-state index contributed by atoms with van der Waals surface area (Å²) in [5.41, 5.74) is 6.64. The average Bonchev–Trinajstić information content (AvgIpc) is 2.91. The van der Waals surface area contributed by atoms with Crippen LogP contribution in [0, 0.1) is 0 Å². The first-order valence-corrected chi connectivity index (χ1v) is 7.65. The molecule has 1 unspecified atom stereocenters. The first kappa shape index (κ1) is 14.4. The zero-order chi connectivity index (χ0) is 14.7. The van der Waals surface area contributed by atoms with E-state index in [0.29, 0.717) is 13.2 Å². The van der Waals surface area contributed by atoms with E-state index >= 15 is 0 Å². The van der Waals surface area contributed by atoms with Crippen LogP contribution in [-0.2, 0) is 9.53 Å². The maximum absolute atomic E-state index is 12.4. The zero-order valence-electron chi connectivity index (χ0n) is 12.1. The fraction of sp³-hybridized carbons (Fsp3) is 0.562. The van der Waals surface area contributed by atoms with Crippen molar-refractivity contribution in [3.63, 3.8) is 0 Å². The van der Waals surface area contributed by atoms with E-state index in [1.165, 1.54) is 0 Å². The summed E-state index contributed by atoms with van der Waals surface area (Å²) in [5, 5.41) is 3.12. The highest BCUT2D eigenvalue weighted by atomic mass is 16.5. The monoisotopic (exact) mass is 290 g/mol. The van der Waals surface area contributed by atoms with Gasteiger partial charge < -0.3 is 20.5 Å². The van der Waals surface area contributed by atoms with Gasteiger partial charge in [-0.15, -0.1) is 0 Å². The van der Waals surface area contributed by atoms with Gasteiger partial charge in [-0.2, -0.15) is 0 Å². The molecule has 1 aromatic carbocycles. The van der Waals surface area contributed by atoms with Crippen LogP contribution in [0.4, 0.5) is 0 Å². The van der Waals surface area contributed by atoms with Crippen molar-refractivity contribution >= 4 is 5.91 Å². The van der Waals surface area contributed by atoms with Gasteiger partial charge in [0.15, 0.2) is 0 Å². The molecule has 2 aliphatic rings. The minimum absolute atomic E-state index is 0.00303. The molecule has 2 heterocycles. The standard InChI is InChI=1S/C16H22N2O3/c17-10-11-7-8-15(21-11)16(19)18-13-5-3-9-20-14-6-2-1-4-12(13)14/h1-2,4,6,11,13,15H,3,5,7-10,17H2,(H,18,19)/t11-,13?,15+/m1/s1. The first-order chi connectivity index (χ1) is 10.3. The Bertz CT molecular complexity index is 506. The van der Waals surface area contributed by atoms with Crippen molar-refractivity contribution < 1.29 is 14.3 Å². The molecule has 3 atom stereocenters. The van der Waals surface area contributed by atoms with E-state index < -0.39 is 0 Å². The Kier molecular flexibility index (Phi) is 4.41. The maximum atomic E-state index is 12.4. The van der Waals surface area contributed by atoms with Gasteiger partial charge in [-0.05, 0) is 31.7 Å². The number of fused-ring (bicyclic) bond motifs is 1. The van der Waals surface area contributed by atoms with Gasteiger partial charge in [-0.25, -0.2) is 0 Å². The van der Waals surface area contributed by atoms with E-state index in [1.807, 2.05) is 24.3 Å². The van der Waals surface area contributed by atoms with E-state index in [0.717, 1.165) is 37.0 Å². The number of benzene rings is 1. The number of amides is 1. The van der Waals surface area contributed by atoms with Crippen LogP contribution >= 0.6 is 0 Å². The van der Waals surface area contributed by atoms with E-state index in [-0.39, 0.29) is 24.2 Å². The maximum Gasteiger partial charge on any atom is 0.249 e. The number of hydrogen-bond acceptors (Lipinski definition) is 4. The molecule has 5 heteroatoms. The van der Waals surface area contributed by atoms with Crippen LogP contribution in [0.25, 0.3) is 0 Å². The fourth-order valence-electron chi connectivity index (χ4n) is 3.01. The second kappa shape index (κ2) is 6.45. The number of carbonyl (C=O) groups is 1. The summed E-state index contributed by atoms with van der Waals surface area (Å²) in [4.78, 5) is 12.4. The van der Waals surface area contributed by atoms with Crippen molar-refractivity contribution in [1.82, 2.24) is 5.32 Å². The Morgan fingerprint density at radius 1 is 1.29 bits per heavy atom. The van der Waals surface area contributed by atoms with Crippen LogP contribution < -0.4 is 15.8 Å². The van der Waals surface area contributed by atoms with Gasteiger partial charge in [0, 0.05) is 12.1 Å². The van der Waals surface area contributed by atoms with Crippen molar-refractivity contribution in [2.24, 2.45) is 5.73 Å². The first-order valence-electron chi connectivity index (χ1n) is 7.65. The largest absolute Gasteiger partial charge is 0.493 e. The highest BCUT2D eigenvalue weighted by molar-refractivity contribution is 5.81. The molecule has 1 amide bonds. The van der Waals surface area contributed by atoms with Gasteiger partial charge >= 0.3 is 0 Å². The predicted octanol–water partition coefficient (Wildman–Crippen LogP) is 1.52. The quantitative estimate of drug-likeness (QED) is 0.885. The van der Waals surface area contributed by atoms with E-state index in [9.17, 15) is 4.79 Å². The van der Waals surface area contributed by atoms with Gasteiger partial charge in [-0.1, -0.05) is 18.2 Å². The molecule has 0 saturated carbocycles. The number of nitrogens with two attached hydrogens (primary N) is 1. The minimum atomic E-state index is -0.366. The molecule has 3 N–H and O–H groups in total. The van der Waals surface area contributed by atoms with Crippen LogP contribution in [0.1, 0.15) is 37.3 Å². The Balaban J connectivity index is 1.68. The Labute approximate surface area is 124 Å². The summed E-state index contributed by atoms with van der Waals surface area (Å²) in [5.74, 6) is 0.833. The smallest absolute Gasteiger partial charge is 0.249 e. The SMILES string of the molecule is NC[C@H]1CC[C@@H](C(=O)NC2CCCOc3ccccc32)O1. The van der Waals surface area contributed by atoms with Gasteiger partial charge in [-0.3, -0.25) is 4.79 Å². The lowest BCUT2D eigenvalue weighted by atomic mass is 10.0. The molecule has 1 saturated heterocycles. The molecule has 5 nitrogen and oxygen atoms in total. The van der Waals surface area contributed by atoms with E-state index in [1.54, 1.807) is 0 Å². The Morgan fingerprint density at radius 3 is 2.95 bits per heavy atom. The second-order valence-corrected chi connectivity index (χ2v) is 5.65. The zero-order valence-corrected chi connectivity index (χ0v) is 12.1. The molecule has 0 spiro atoms. The lowest BCUT2D eigenvalue weighted by Crippen LogP contribution is -2.37. The van der Waals surface area contributed by atoms with Crippen molar-refractivity contribution in [1.29, 1.82) is 0 Å². The molecule has 21 heavy (non-hydrogen) atoms. The van der Waals surface area contributed by atoms with Crippen molar-refractivity contribution in [3.8, 4) is 5.75 Å². The molecule has 0 aromatic heterocycles. The predicted molar refractivity (Wildman–Crippen MR) is 79.0 cm³/mol. The van der Waals surface area contributed by atoms with Crippen molar-refractivity contribution in [2.45, 2.75) is 43.9 Å². The summed E-state index contributed by atoms with van der Waals surface area (Å²) < 4.78 is 11.4. The van der Waals surface area contributed by atoms with Crippen molar-refractivity contribution in [3.05, 3.63) is 29.8 Å². The van der Waals surface area contributed by atoms with E-state index in [4.69, 9.17) is 15.2 Å². The lowest BCUT2D eigenvalue weighted by molar-refractivity contribution is -0.132. The number of carbonyl (C=O) groups excluding carboxylic acids is 1. The number of rotatable bonds is 3. The lowest BCUT2D eigenvalue weighted by Gasteiger charge is -2.20. The highest BCUT2D eigenvalue weighted by Gasteiger charge is 2.32. The Hall–Kier alpha value is -1.59. The minimum Gasteiger partial charge on any atom is -0.493 e. The molecule has 2 aliphatic heterocycles. The third-order valence-corrected chi connectivity index (χ3v) is 4.17. The summed E-state index contributed by atoms with van der Waals surface area (Å²) in [7, 11) is 0. The summed E-state index contributed by atoms with van der Waals surface area (Å²) in [6.07, 6.45) is 3.07. The normalized spacial score (nSPS) is 28.3. The third kappa shape index (κ3) is 3.19. The Morgan fingerprint density at radius 2 is 2.14 bits per heavy atom. The van der Waals surface area contributed by atoms with Crippen LogP contribution in [0.5, 0.6) is 5.75 Å². The number of nitrogens with one attached hydrogen (secondary N) is 1. The summed E-state index contributed by atoms with van der Waals surface area (Å²) in [6, 6.07) is 7.90. The average molecular weight is 290 g/mol. The van der Waals surface area contributed by atoms with Crippen LogP contribution in [-0.4, -0.2) is 31.3 Å². The molecule has 1 aromatic rings. The molecule has 1 fully saturated rings. The summed E-state index contributed by atoms with van der Waals surface area (Å²) >= 11 is 0. The van der Waals surface area contributed by atoms with Crippen LogP contribution in [0.3, 0.4) is 0 Å². The van der Waals surface area contributed by atoms with Crippen molar-refractivity contribution in [2.75, 3.05) is 13.2 Å². The molecule has 0 radical (unpaired) electrons. The van der Waals surface area contributed by atoms with Gasteiger partial charge in [0.05, 0.1) is 18.8 Å². The van der Waals surface area contributed by atoms with Crippen LogP contribution in [0.15, 0.2) is 24.3 Å².